The van der Waals surface area contributed by atoms with E-state index < -0.39 is 0 Å². The van der Waals surface area contributed by atoms with Gasteiger partial charge in [0.15, 0.2) is 0 Å². The molecule has 3 atom stereocenters. The molecule has 0 aliphatic carbocycles. The maximum absolute atomic E-state index is 12.3. The van der Waals surface area contributed by atoms with Crippen LogP contribution in [0.15, 0.2) is 24.3 Å². The summed E-state index contributed by atoms with van der Waals surface area (Å²) >= 11 is 0. The quantitative estimate of drug-likeness (QED) is 0.923. The van der Waals surface area contributed by atoms with Gasteiger partial charge in [-0.05, 0) is 45.0 Å². The lowest BCUT2D eigenvalue weighted by Crippen LogP contribution is -2.52. The first-order valence-electron chi connectivity index (χ1n) is 7.20. The van der Waals surface area contributed by atoms with E-state index >= 15 is 0 Å². The van der Waals surface area contributed by atoms with E-state index in [4.69, 9.17) is 10.00 Å². The number of nitriles is 1. The summed E-state index contributed by atoms with van der Waals surface area (Å²) in [7, 11) is 0. The van der Waals surface area contributed by atoms with Gasteiger partial charge in [-0.15, -0.1) is 0 Å². The average molecular weight is 287 g/mol. The van der Waals surface area contributed by atoms with Gasteiger partial charge < -0.3 is 10.1 Å². The van der Waals surface area contributed by atoms with Gasteiger partial charge in [0.05, 0.1) is 29.9 Å². The Morgan fingerprint density at radius 1 is 1.33 bits per heavy atom. The van der Waals surface area contributed by atoms with Gasteiger partial charge in [0.25, 0.3) is 0 Å². The van der Waals surface area contributed by atoms with E-state index in [9.17, 15) is 4.79 Å². The number of nitrogens with one attached hydrogen (secondary N) is 1. The fourth-order valence-electron chi connectivity index (χ4n) is 2.57. The Morgan fingerprint density at radius 2 is 1.90 bits per heavy atom. The normalized spacial score (nSPS) is 24.1. The second-order valence-corrected chi connectivity index (χ2v) is 5.57. The van der Waals surface area contributed by atoms with Gasteiger partial charge in [0, 0.05) is 18.8 Å². The van der Waals surface area contributed by atoms with E-state index in [2.05, 4.69) is 16.3 Å². The predicted octanol–water partition coefficient (Wildman–Crippen LogP) is 1.99. The van der Waals surface area contributed by atoms with Crippen molar-refractivity contribution in [1.82, 2.24) is 4.90 Å². The Bertz CT molecular complexity index is 525. The van der Waals surface area contributed by atoms with Crippen LogP contribution in [-0.2, 0) is 9.53 Å². The molecule has 0 spiro atoms. The van der Waals surface area contributed by atoms with Crippen molar-refractivity contribution in [2.45, 2.75) is 39.0 Å². The predicted molar refractivity (Wildman–Crippen MR) is 80.8 cm³/mol. The van der Waals surface area contributed by atoms with Crippen LogP contribution < -0.4 is 5.32 Å². The molecule has 21 heavy (non-hydrogen) atoms. The first-order chi connectivity index (χ1) is 9.99. The van der Waals surface area contributed by atoms with Crippen molar-refractivity contribution >= 4 is 11.6 Å². The van der Waals surface area contributed by atoms with E-state index in [1.54, 1.807) is 24.3 Å². The Morgan fingerprint density at radius 3 is 2.43 bits per heavy atom. The number of hydrogen-bond acceptors (Lipinski definition) is 4. The van der Waals surface area contributed by atoms with Crippen molar-refractivity contribution in [2.75, 3.05) is 18.4 Å². The summed E-state index contributed by atoms with van der Waals surface area (Å²) in [6.07, 6.45) is 0.276. The van der Waals surface area contributed by atoms with Gasteiger partial charge in [0.2, 0.25) is 5.91 Å². The molecule has 1 aromatic carbocycles. The molecule has 1 N–H and O–H groups in total. The van der Waals surface area contributed by atoms with Gasteiger partial charge in [-0.1, -0.05) is 0 Å². The number of amides is 1. The van der Waals surface area contributed by atoms with Crippen LogP contribution >= 0.6 is 0 Å². The molecule has 1 saturated heterocycles. The highest BCUT2D eigenvalue weighted by atomic mass is 16.5. The van der Waals surface area contributed by atoms with Crippen molar-refractivity contribution in [3.05, 3.63) is 29.8 Å². The molecule has 2 rings (SSSR count). The maximum atomic E-state index is 12.3. The van der Waals surface area contributed by atoms with Crippen molar-refractivity contribution in [2.24, 2.45) is 0 Å². The molecular formula is C16H21N3O2. The Kier molecular flexibility index (Phi) is 4.94. The van der Waals surface area contributed by atoms with E-state index in [1.165, 1.54) is 0 Å². The second kappa shape index (κ2) is 6.70. The third kappa shape index (κ3) is 4.03. The Balaban J connectivity index is 1.97. The molecule has 1 aliphatic heterocycles. The van der Waals surface area contributed by atoms with Crippen LogP contribution in [0.5, 0.6) is 0 Å². The first kappa shape index (κ1) is 15.5. The molecule has 0 aromatic heterocycles. The van der Waals surface area contributed by atoms with Crippen LogP contribution in [0.1, 0.15) is 26.3 Å². The van der Waals surface area contributed by atoms with Gasteiger partial charge in [-0.25, -0.2) is 0 Å². The molecule has 1 amide bonds. The smallest absolute Gasteiger partial charge is 0.241 e. The molecule has 1 fully saturated rings. The largest absolute Gasteiger partial charge is 0.373 e. The highest BCUT2D eigenvalue weighted by molar-refractivity contribution is 5.94. The number of morpholine rings is 1. The summed E-state index contributed by atoms with van der Waals surface area (Å²) in [4.78, 5) is 14.5. The van der Waals surface area contributed by atoms with E-state index in [-0.39, 0.29) is 24.2 Å². The van der Waals surface area contributed by atoms with Crippen LogP contribution in [0, 0.1) is 11.3 Å². The van der Waals surface area contributed by atoms with Gasteiger partial charge >= 0.3 is 0 Å². The highest BCUT2D eigenvalue weighted by Gasteiger charge is 2.29. The molecule has 1 heterocycles. The highest BCUT2D eigenvalue weighted by Crippen LogP contribution is 2.15. The molecule has 0 radical (unpaired) electrons. The topological polar surface area (TPSA) is 65.4 Å². The van der Waals surface area contributed by atoms with Crippen LogP contribution in [0.2, 0.25) is 0 Å². The summed E-state index contributed by atoms with van der Waals surface area (Å²) in [5.74, 6) is -0.0407. The molecule has 112 valence electrons. The molecule has 5 nitrogen and oxygen atoms in total. The number of carbonyl (C=O) groups is 1. The van der Waals surface area contributed by atoms with Crippen molar-refractivity contribution in [3.63, 3.8) is 0 Å². The standard InChI is InChI=1S/C16H21N3O2/c1-11-9-19(10-12(2)21-11)13(3)16(20)18-15-6-4-14(8-17)5-7-15/h4-7,11-13H,9-10H2,1-3H3,(H,18,20)/t11-,12-,13+/m0/s1. The third-order valence-corrected chi connectivity index (χ3v) is 3.66. The van der Waals surface area contributed by atoms with E-state index in [0.29, 0.717) is 11.3 Å². The van der Waals surface area contributed by atoms with E-state index in [0.717, 1.165) is 13.1 Å². The number of nitrogens with zero attached hydrogens (tertiary/aromatic N) is 2. The maximum Gasteiger partial charge on any atom is 0.241 e. The summed E-state index contributed by atoms with van der Waals surface area (Å²) in [5.41, 5.74) is 1.29. The number of carbonyl (C=O) groups excluding carboxylic acids is 1. The number of benzene rings is 1. The minimum atomic E-state index is -0.213. The molecule has 0 saturated carbocycles. The number of ether oxygens (including phenoxy) is 1. The molecule has 0 unspecified atom stereocenters. The van der Waals surface area contributed by atoms with Crippen LogP contribution in [-0.4, -0.2) is 42.1 Å². The summed E-state index contributed by atoms with van der Waals surface area (Å²) < 4.78 is 5.69. The van der Waals surface area contributed by atoms with Gasteiger partial charge in [-0.2, -0.15) is 5.26 Å². The zero-order valence-corrected chi connectivity index (χ0v) is 12.7. The lowest BCUT2D eigenvalue weighted by atomic mass is 10.1. The van der Waals surface area contributed by atoms with Gasteiger partial charge in [0.1, 0.15) is 0 Å². The summed E-state index contributed by atoms with van der Waals surface area (Å²) in [6, 6.07) is 8.72. The zero-order valence-electron chi connectivity index (χ0n) is 12.7. The molecule has 0 bridgehead atoms. The summed E-state index contributed by atoms with van der Waals surface area (Å²) in [6.45, 7) is 7.46. The third-order valence-electron chi connectivity index (χ3n) is 3.66. The summed E-state index contributed by atoms with van der Waals surface area (Å²) in [5, 5.41) is 11.7. The first-order valence-corrected chi connectivity index (χ1v) is 7.20. The molecule has 1 aliphatic rings. The Labute approximate surface area is 125 Å². The molecule has 5 heteroatoms. The monoisotopic (exact) mass is 287 g/mol. The van der Waals surface area contributed by atoms with Crippen molar-refractivity contribution in [3.8, 4) is 6.07 Å². The Hall–Kier alpha value is -1.90. The second-order valence-electron chi connectivity index (χ2n) is 5.57. The van der Waals surface area contributed by atoms with Gasteiger partial charge in [-0.3, -0.25) is 9.69 Å². The minimum Gasteiger partial charge on any atom is -0.373 e. The SMILES string of the molecule is C[C@H](C(=O)Nc1ccc(C#N)cc1)N1C[C@H](C)O[C@@H](C)C1. The van der Waals surface area contributed by atoms with Crippen LogP contribution in [0.4, 0.5) is 5.69 Å². The molecule has 1 aromatic rings. The average Bonchev–Trinajstić information content (AvgIpc) is 2.46. The van der Waals surface area contributed by atoms with E-state index in [1.807, 2.05) is 20.8 Å². The minimum absolute atomic E-state index is 0.0407. The molecular weight excluding hydrogens is 266 g/mol. The number of hydrogen-bond donors (Lipinski definition) is 1. The lowest BCUT2D eigenvalue weighted by Gasteiger charge is -2.38. The van der Waals surface area contributed by atoms with Crippen molar-refractivity contribution in [1.29, 1.82) is 5.26 Å². The number of rotatable bonds is 3. The number of anilines is 1. The van der Waals surface area contributed by atoms with Crippen LogP contribution in [0.25, 0.3) is 0 Å². The zero-order chi connectivity index (χ0) is 15.4. The van der Waals surface area contributed by atoms with Crippen LogP contribution in [0.3, 0.4) is 0 Å². The fraction of sp³-hybridized carbons (Fsp3) is 0.500. The van der Waals surface area contributed by atoms with Crippen molar-refractivity contribution < 1.29 is 9.53 Å². The fourth-order valence-corrected chi connectivity index (χ4v) is 2.57. The lowest BCUT2D eigenvalue weighted by molar-refractivity contribution is -0.126.